The van der Waals surface area contributed by atoms with E-state index in [1.807, 2.05) is 0 Å². The van der Waals surface area contributed by atoms with E-state index >= 15 is 0 Å². The first kappa shape index (κ1) is 55.6. The van der Waals surface area contributed by atoms with Crippen molar-refractivity contribution in [3.63, 3.8) is 0 Å². The summed E-state index contributed by atoms with van der Waals surface area (Å²) in [5.74, 6) is -1.75. The van der Waals surface area contributed by atoms with Gasteiger partial charge in [0, 0.05) is 18.6 Å². The Hall–Kier alpha value is -3.33. The summed E-state index contributed by atoms with van der Waals surface area (Å²) in [4.78, 5) is 38.3. The van der Waals surface area contributed by atoms with Crippen LogP contribution in [0.3, 0.4) is 0 Å². The van der Waals surface area contributed by atoms with Gasteiger partial charge in [0.1, 0.15) is 67.1 Å². The van der Waals surface area contributed by atoms with Crippen LogP contribution in [0.4, 0.5) is 0 Å². The van der Waals surface area contributed by atoms with E-state index in [4.69, 9.17) is 47.4 Å². The van der Waals surface area contributed by atoms with Crippen LogP contribution in [0, 0.1) is 5.92 Å². The monoisotopic (exact) mass is 975 g/mol. The van der Waals surface area contributed by atoms with Crippen molar-refractivity contribution < 1.29 is 103 Å². The zero-order chi connectivity index (χ0) is 49.5. The molecule has 3 saturated heterocycles. The number of hydrogen-bond donors (Lipinski definition) is 9. The van der Waals surface area contributed by atoms with Crippen molar-refractivity contribution in [2.75, 3.05) is 41.2 Å². The highest BCUT2D eigenvalue weighted by molar-refractivity contribution is 5.95. The number of ether oxygens (including phenoxy) is 10. The summed E-state index contributed by atoms with van der Waals surface area (Å²) in [6.07, 6.45) is -15.0. The lowest BCUT2D eigenvalue weighted by Crippen LogP contribution is -2.70. The van der Waals surface area contributed by atoms with Gasteiger partial charge in [-0.15, -0.1) is 0 Å². The van der Waals surface area contributed by atoms with Crippen molar-refractivity contribution in [3.8, 4) is 11.5 Å². The number of carboxylic acid groups (broad SMARTS) is 1. The molecule has 0 unspecified atom stereocenters. The highest BCUT2D eigenvalue weighted by Gasteiger charge is 2.55. The Morgan fingerprint density at radius 2 is 1.34 bits per heavy atom. The molecule has 1 aliphatic carbocycles. The summed E-state index contributed by atoms with van der Waals surface area (Å²) in [5.41, 5.74) is 0.0715. The normalized spacial score (nSPS) is 33.9. The molecule has 1 saturated carbocycles. The van der Waals surface area contributed by atoms with Gasteiger partial charge in [0.15, 0.2) is 36.5 Å². The van der Waals surface area contributed by atoms with Gasteiger partial charge in [-0.3, -0.25) is 9.59 Å². The Bertz CT molecular complexity index is 1700. The van der Waals surface area contributed by atoms with Gasteiger partial charge in [-0.05, 0) is 50.3 Å². The SMILES string of the molecule is COC(=O)CCCCCCCCO[C@@H]1O[C@H](CO)[C@@H](O[C@@H]2O[C@H](CO)[C@H](O)[C@H](O[C@@H](CC3CCCCC3)C(=O)O)[C@H]2O)[C@H](O[C@@H]2O[C@@H](C)[C@@H](O)[C@@H](O)[C@@H]2O)[C@H]1NC(=O)c1ccc(OC)c(OC)c1. The van der Waals surface area contributed by atoms with E-state index < -0.39 is 123 Å². The number of carbonyl (C=O) groups excluding carboxylic acids is 2. The van der Waals surface area contributed by atoms with Crippen LogP contribution in [0.2, 0.25) is 0 Å². The molecule has 3 aliphatic heterocycles. The fourth-order valence-corrected chi connectivity index (χ4v) is 9.16. The fourth-order valence-electron chi connectivity index (χ4n) is 9.16. The van der Waals surface area contributed by atoms with E-state index in [0.717, 1.165) is 51.4 Å². The first-order chi connectivity index (χ1) is 32.6. The Labute approximate surface area is 396 Å². The van der Waals surface area contributed by atoms with Gasteiger partial charge < -0.3 is 93.5 Å². The van der Waals surface area contributed by atoms with Crippen LogP contribution in [-0.2, 0) is 47.5 Å². The lowest BCUT2D eigenvalue weighted by molar-refractivity contribution is -0.375. The number of nitrogens with one attached hydrogen (secondary N) is 1. The topological polar surface area (TPSA) is 317 Å². The maximum absolute atomic E-state index is 14.3. The van der Waals surface area contributed by atoms with Gasteiger partial charge in [-0.1, -0.05) is 57.8 Å². The van der Waals surface area contributed by atoms with E-state index in [9.17, 15) is 55.2 Å². The molecule has 0 bridgehead atoms. The molecule has 22 nitrogen and oxygen atoms in total. The maximum Gasteiger partial charge on any atom is 0.332 e. The summed E-state index contributed by atoms with van der Waals surface area (Å²) in [7, 11) is 4.16. The van der Waals surface area contributed by atoms with Gasteiger partial charge in [0.05, 0.1) is 40.6 Å². The average molecular weight is 976 g/mol. The van der Waals surface area contributed by atoms with Crippen LogP contribution >= 0.6 is 0 Å². The second-order valence-corrected chi connectivity index (χ2v) is 17.9. The van der Waals surface area contributed by atoms with Crippen LogP contribution in [0.25, 0.3) is 0 Å². The zero-order valence-electron chi connectivity index (χ0n) is 39.2. The van der Waals surface area contributed by atoms with Gasteiger partial charge in [0.25, 0.3) is 5.91 Å². The Balaban J connectivity index is 1.47. The number of carboxylic acids is 1. The summed E-state index contributed by atoms with van der Waals surface area (Å²) >= 11 is 0. The fraction of sp³-hybridized carbons (Fsp3) is 0.804. The molecule has 388 valence electrons. The van der Waals surface area contributed by atoms with Crippen LogP contribution < -0.4 is 14.8 Å². The molecule has 5 rings (SSSR count). The molecule has 4 fully saturated rings. The highest BCUT2D eigenvalue weighted by Crippen LogP contribution is 2.36. The van der Waals surface area contributed by atoms with Crippen molar-refractivity contribution >= 4 is 17.8 Å². The molecule has 0 radical (unpaired) electrons. The minimum atomic E-state index is -1.94. The minimum absolute atomic E-state index is 0.0209. The lowest BCUT2D eigenvalue weighted by atomic mass is 9.85. The first-order valence-electron chi connectivity index (χ1n) is 23.6. The predicted molar refractivity (Wildman–Crippen MR) is 234 cm³/mol. The molecule has 4 aliphatic rings. The molecule has 1 aromatic carbocycles. The quantitative estimate of drug-likeness (QED) is 0.0470. The highest BCUT2D eigenvalue weighted by atomic mass is 16.8. The number of hydrogen-bond acceptors (Lipinski definition) is 20. The van der Waals surface area contributed by atoms with E-state index in [1.54, 1.807) is 0 Å². The summed E-state index contributed by atoms with van der Waals surface area (Å²) in [6, 6.07) is 2.95. The van der Waals surface area contributed by atoms with Gasteiger partial charge in [-0.2, -0.15) is 0 Å². The van der Waals surface area contributed by atoms with Gasteiger partial charge >= 0.3 is 11.9 Å². The Morgan fingerprint density at radius 3 is 1.99 bits per heavy atom. The zero-order valence-corrected chi connectivity index (χ0v) is 39.2. The molecule has 1 amide bonds. The number of amides is 1. The van der Waals surface area contributed by atoms with Gasteiger partial charge in [-0.25, -0.2) is 4.79 Å². The van der Waals surface area contributed by atoms with Crippen LogP contribution in [0.1, 0.15) is 101 Å². The third kappa shape index (κ3) is 14.6. The number of aliphatic hydroxyl groups excluding tert-OH is 7. The lowest BCUT2D eigenvalue weighted by Gasteiger charge is -2.50. The second kappa shape index (κ2) is 27.3. The number of unbranched alkanes of at least 4 members (excludes halogenated alkanes) is 5. The molecule has 16 atom stereocenters. The number of methoxy groups -OCH3 is 3. The van der Waals surface area contributed by atoms with E-state index in [0.29, 0.717) is 31.4 Å². The molecule has 1 aromatic rings. The molecule has 0 spiro atoms. The summed E-state index contributed by atoms with van der Waals surface area (Å²) in [5, 5.41) is 90.0. The van der Waals surface area contributed by atoms with Crippen LogP contribution in [0.15, 0.2) is 18.2 Å². The smallest absolute Gasteiger partial charge is 0.332 e. The summed E-state index contributed by atoms with van der Waals surface area (Å²) < 4.78 is 58.6. The van der Waals surface area contributed by atoms with Crippen molar-refractivity contribution in [2.24, 2.45) is 5.92 Å². The molecule has 22 heteroatoms. The van der Waals surface area contributed by atoms with Gasteiger partial charge in [0.2, 0.25) is 0 Å². The predicted octanol–water partition coefficient (Wildman–Crippen LogP) is 0.285. The standard InChI is InChI=1S/C46H73NO21/c1-24-34(51)36(53)37(54)45(63-24)68-40-33(47-42(56)26-17-18-27(59-2)28(21-26)60-3)44(62-19-13-8-6-5-7-12-16-32(50)61-4)66-31(23-49)39(40)67-46-38(55)41(35(52)30(22-48)65-46)64-29(43(57)58)20-25-14-10-9-11-15-25/h17-18,21,24-25,29-31,33-41,44-46,48-49,51-55H,5-16,19-20,22-23H2,1-4H3,(H,47,56)(H,57,58)/t24-,29-,30+,31+,33+,34+,35-,36+,37-,38+,39+,40+,41-,44+,45-,46-/m0/s1. The number of aliphatic hydroxyl groups is 7. The maximum atomic E-state index is 14.3. The molecular weight excluding hydrogens is 902 g/mol. The Morgan fingerprint density at radius 1 is 0.706 bits per heavy atom. The van der Waals surface area contributed by atoms with Crippen molar-refractivity contribution in [2.45, 2.75) is 189 Å². The van der Waals surface area contributed by atoms with E-state index in [1.165, 1.54) is 46.5 Å². The van der Waals surface area contributed by atoms with Crippen molar-refractivity contribution in [3.05, 3.63) is 23.8 Å². The van der Waals surface area contributed by atoms with Crippen LogP contribution in [0.5, 0.6) is 11.5 Å². The van der Waals surface area contributed by atoms with Crippen LogP contribution in [-0.4, -0.2) is 198 Å². The number of benzene rings is 1. The third-order valence-electron chi connectivity index (χ3n) is 13.1. The van der Waals surface area contributed by atoms with Crippen molar-refractivity contribution in [1.82, 2.24) is 5.32 Å². The number of rotatable bonds is 25. The average Bonchev–Trinajstić information content (AvgIpc) is 3.34. The number of esters is 1. The minimum Gasteiger partial charge on any atom is -0.493 e. The van der Waals surface area contributed by atoms with E-state index in [-0.39, 0.29) is 36.2 Å². The Kier molecular flexibility index (Phi) is 22.3. The largest absolute Gasteiger partial charge is 0.493 e. The number of aliphatic carboxylic acids is 1. The van der Waals surface area contributed by atoms with E-state index in [2.05, 4.69) is 5.32 Å². The third-order valence-corrected chi connectivity index (χ3v) is 13.1. The van der Waals surface area contributed by atoms with Crippen molar-refractivity contribution in [1.29, 1.82) is 0 Å². The number of carbonyl (C=O) groups is 3. The summed E-state index contributed by atoms with van der Waals surface area (Å²) in [6.45, 7) is -0.138. The molecule has 0 aromatic heterocycles. The molecule has 9 N–H and O–H groups in total. The first-order valence-corrected chi connectivity index (χ1v) is 23.6. The second-order valence-electron chi connectivity index (χ2n) is 17.9. The molecule has 3 heterocycles. The molecular formula is C46H73NO21. The molecule has 68 heavy (non-hydrogen) atoms.